The average Bonchev–Trinajstić information content (AvgIpc) is 3.67. The summed E-state index contributed by atoms with van der Waals surface area (Å²) >= 11 is 1.55. The number of carbonyl (C=O) groups is 2. The zero-order valence-electron chi connectivity index (χ0n) is 24.0. The molecule has 0 aliphatic heterocycles. The quantitative estimate of drug-likeness (QED) is 0.114. The van der Waals surface area contributed by atoms with Crippen LogP contribution in [0.3, 0.4) is 0 Å². The van der Waals surface area contributed by atoms with Gasteiger partial charge in [-0.2, -0.15) is 4.98 Å². The molecule has 4 aromatic heterocycles. The molecule has 0 unspecified atom stereocenters. The Morgan fingerprint density at radius 3 is 2.59 bits per heavy atom. The molecule has 2 aromatic carbocycles. The fourth-order valence-electron chi connectivity index (χ4n) is 4.42. The number of aromatic nitrogens is 4. The van der Waals surface area contributed by atoms with Gasteiger partial charge in [0.25, 0.3) is 5.91 Å². The number of likely N-dealkylation sites (N-methyl/N-ethyl adjacent to an activating group) is 1. The van der Waals surface area contributed by atoms with Crippen molar-refractivity contribution in [2.75, 3.05) is 41.9 Å². The molecular formula is C32H29N9O2S. The van der Waals surface area contributed by atoms with Gasteiger partial charge in [-0.15, -0.1) is 11.3 Å². The summed E-state index contributed by atoms with van der Waals surface area (Å²) in [6, 6.07) is 20.0. The van der Waals surface area contributed by atoms with Gasteiger partial charge in [-0.1, -0.05) is 12.1 Å². The van der Waals surface area contributed by atoms with Gasteiger partial charge in [-0.05, 0) is 80.1 Å². The molecule has 0 spiro atoms. The number of H-pyrrole nitrogens is 1. The third-order valence-corrected chi connectivity index (χ3v) is 7.41. The van der Waals surface area contributed by atoms with Crippen LogP contribution in [0.25, 0.3) is 21.3 Å². The maximum absolute atomic E-state index is 12.9. The number of aromatic amines is 1. The van der Waals surface area contributed by atoms with E-state index in [0.29, 0.717) is 40.9 Å². The molecule has 44 heavy (non-hydrogen) atoms. The monoisotopic (exact) mass is 603 g/mol. The van der Waals surface area contributed by atoms with E-state index in [0.717, 1.165) is 26.9 Å². The number of hydrogen-bond donors (Lipinski definition) is 5. The molecule has 6 aromatic rings. The highest BCUT2D eigenvalue weighted by Crippen LogP contribution is 2.31. The lowest BCUT2D eigenvalue weighted by Gasteiger charge is -2.11. The van der Waals surface area contributed by atoms with Crippen LogP contribution in [-0.2, 0) is 4.79 Å². The third-order valence-electron chi connectivity index (χ3n) is 6.50. The number of nitrogens with zero attached hydrogens (tertiary/aromatic N) is 4. The summed E-state index contributed by atoms with van der Waals surface area (Å²) in [4.78, 5) is 44.0. The van der Waals surface area contributed by atoms with E-state index in [-0.39, 0.29) is 11.8 Å². The van der Waals surface area contributed by atoms with Crippen molar-refractivity contribution in [3.05, 3.63) is 102 Å². The minimum atomic E-state index is -0.277. The fourth-order valence-corrected chi connectivity index (χ4v) is 5.19. The predicted octanol–water partition coefficient (Wildman–Crippen LogP) is 6.36. The van der Waals surface area contributed by atoms with Gasteiger partial charge in [0.2, 0.25) is 11.9 Å². The maximum atomic E-state index is 12.9. The molecular weight excluding hydrogens is 574 g/mol. The van der Waals surface area contributed by atoms with E-state index in [2.05, 4.69) is 36.2 Å². The number of hydrogen-bond acceptors (Lipinski definition) is 9. The number of pyridine rings is 1. The highest BCUT2D eigenvalue weighted by molar-refractivity contribution is 7.17. The van der Waals surface area contributed by atoms with Crippen LogP contribution in [0.15, 0.2) is 96.7 Å². The Hall–Kier alpha value is -5.59. The molecule has 6 rings (SSSR count). The Bertz CT molecular complexity index is 1980. The molecule has 0 bridgehead atoms. The highest BCUT2D eigenvalue weighted by atomic mass is 32.1. The summed E-state index contributed by atoms with van der Waals surface area (Å²) in [6.45, 7) is 0.669. The molecule has 11 nitrogen and oxygen atoms in total. The van der Waals surface area contributed by atoms with Crippen molar-refractivity contribution in [3.63, 3.8) is 0 Å². The molecule has 12 heteroatoms. The number of benzene rings is 2. The zero-order valence-corrected chi connectivity index (χ0v) is 24.8. The average molecular weight is 604 g/mol. The number of amides is 2. The van der Waals surface area contributed by atoms with Crippen molar-refractivity contribution in [2.45, 2.75) is 0 Å². The van der Waals surface area contributed by atoms with E-state index in [4.69, 9.17) is 4.98 Å². The van der Waals surface area contributed by atoms with Gasteiger partial charge in [0.05, 0.1) is 22.1 Å². The second kappa shape index (κ2) is 12.7. The van der Waals surface area contributed by atoms with E-state index in [1.165, 1.54) is 6.08 Å². The lowest BCUT2D eigenvalue weighted by Crippen LogP contribution is -2.13. The number of fused-ring (bicyclic) bond motifs is 2. The molecule has 0 aliphatic rings. The van der Waals surface area contributed by atoms with Crippen molar-refractivity contribution < 1.29 is 9.59 Å². The lowest BCUT2D eigenvalue weighted by atomic mass is 10.2. The molecule has 5 N–H and O–H groups in total. The number of thiophene rings is 1. The Kier molecular flexibility index (Phi) is 8.25. The first-order chi connectivity index (χ1) is 21.4. The van der Waals surface area contributed by atoms with Crippen LogP contribution < -0.4 is 21.3 Å². The predicted molar refractivity (Wildman–Crippen MR) is 177 cm³/mol. The second-order valence-electron chi connectivity index (χ2n) is 10.2. The van der Waals surface area contributed by atoms with Crippen molar-refractivity contribution in [2.24, 2.45) is 0 Å². The summed E-state index contributed by atoms with van der Waals surface area (Å²) in [6.07, 6.45) is 6.89. The SMILES string of the molecule is CN(C)CC=CC(=O)Nc1ccc(C(=O)Nc2cccc(Nc3nc(Nc4cnc5[nH]ccc5c4)c4sccc4n3)c2)cc1. The Labute approximate surface area is 257 Å². The van der Waals surface area contributed by atoms with Crippen molar-refractivity contribution >= 4 is 78.9 Å². The molecule has 0 fully saturated rings. The summed E-state index contributed by atoms with van der Waals surface area (Å²) in [5, 5.41) is 15.3. The van der Waals surface area contributed by atoms with Gasteiger partial charge in [-0.3, -0.25) is 9.59 Å². The highest BCUT2D eigenvalue weighted by Gasteiger charge is 2.12. The largest absolute Gasteiger partial charge is 0.346 e. The van der Waals surface area contributed by atoms with E-state index in [1.54, 1.807) is 53.9 Å². The van der Waals surface area contributed by atoms with Crippen LogP contribution in [0.4, 0.5) is 34.5 Å². The number of carbonyl (C=O) groups excluding carboxylic acids is 2. The van der Waals surface area contributed by atoms with Crippen LogP contribution in [-0.4, -0.2) is 57.3 Å². The van der Waals surface area contributed by atoms with Gasteiger partial charge in [-0.25, -0.2) is 9.97 Å². The Morgan fingerprint density at radius 1 is 0.909 bits per heavy atom. The van der Waals surface area contributed by atoms with E-state index in [9.17, 15) is 9.59 Å². The van der Waals surface area contributed by atoms with E-state index < -0.39 is 0 Å². The number of nitrogens with one attached hydrogen (secondary N) is 5. The number of anilines is 6. The molecule has 0 atom stereocenters. The molecule has 0 aliphatic carbocycles. The zero-order chi connectivity index (χ0) is 30.5. The van der Waals surface area contributed by atoms with E-state index in [1.807, 2.05) is 67.0 Å². The maximum Gasteiger partial charge on any atom is 0.255 e. The van der Waals surface area contributed by atoms with Gasteiger partial charge < -0.3 is 31.2 Å². The third kappa shape index (κ3) is 6.89. The summed E-state index contributed by atoms with van der Waals surface area (Å²) < 4.78 is 0.928. The van der Waals surface area contributed by atoms with Crippen molar-refractivity contribution in [3.8, 4) is 0 Å². The smallest absolute Gasteiger partial charge is 0.255 e. The van der Waals surface area contributed by atoms with Crippen LogP contribution in [0.1, 0.15) is 10.4 Å². The summed E-state index contributed by atoms with van der Waals surface area (Å²) in [7, 11) is 3.86. The summed E-state index contributed by atoms with van der Waals surface area (Å²) in [5.41, 5.74) is 4.80. The standard InChI is InChI=1S/C32H29N9O2S/c1-41(2)15-4-7-27(42)35-22-10-8-20(9-11-22)31(43)37-23-5-3-6-24(18-23)38-32-39-26-13-16-44-28(26)30(40-32)36-25-17-21-12-14-33-29(21)34-19-25/h3-14,16-19H,15H2,1-2H3,(H,33,34)(H,35,42)(H,37,43)(H2,36,38,39,40). The van der Waals surface area contributed by atoms with Crippen molar-refractivity contribution in [1.29, 1.82) is 0 Å². The normalized spacial score (nSPS) is 11.3. The fraction of sp³-hybridized carbons (Fsp3) is 0.0938. The first-order valence-electron chi connectivity index (χ1n) is 13.8. The van der Waals surface area contributed by atoms with Gasteiger partial charge in [0.1, 0.15) is 5.65 Å². The minimum Gasteiger partial charge on any atom is -0.346 e. The van der Waals surface area contributed by atoms with Gasteiger partial charge in [0.15, 0.2) is 5.82 Å². The van der Waals surface area contributed by atoms with Crippen LogP contribution in [0.5, 0.6) is 0 Å². The summed E-state index contributed by atoms with van der Waals surface area (Å²) in [5.74, 6) is 0.569. The topological polar surface area (TPSA) is 140 Å². The number of rotatable bonds is 10. The molecule has 220 valence electrons. The minimum absolute atomic E-state index is 0.228. The van der Waals surface area contributed by atoms with Gasteiger partial charge in [0, 0.05) is 46.8 Å². The molecule has 0 radical (unpaired) electrons. The lowest BCUT2D eigenvalue weighted by molar-refractivity contribution is -0.111. The Morgan fingerprint density at radius 2 is 1.75 bits per heavy atom. The first-order valence-corrected chi connectivity index (χ1v) is 14.6. The second-order valence-corrected chi connectivity index (χ2v) is 11.1. The van der Waals surface area contributed by atoms with Crippen LogP contribution in [0.2, 0.25) is 0 Å². The van der Waals surface area contributed by atoms with Crippen LogP contribution in [0, 0.1) is 0 Å². The van der Waals surface area contributed by atoms with Crippen molar-refractivity contribution in [1.82, 2.24) is 24.8 Å². The van der Waals surface area contributed by atoms with E-state index >= 15 is 0 Å². The van der Waals surface area contributed by atoms with Crippen LogP contribution >= 0.6 is 11.3 Å². The first kappa shape index (κ1) is 28.5. The molecule has 2 amide bonds. The molecule has 0 saturated carbocycles. The molecule has 0 saturated heterocycles. The Balaban J connectivity index is 1.12. The van der Waals surface area contributed by atoms with Gasteiger partial charge >= 0.3 is 0 Å². The molecule has 4 heterocycles.